The first kappa shape index (κ1) is 13.3. The molecule has 1 saturated carbocycles. The molecule has 0 spiro atoms. The van der Waals surface area contributed by atoms with Crippen LogP contribution in [0.3, 0.4) is 0 Å². The Hall–Kier alpha value is -0.740. The molecule has 0 amide bonds. The van der Waals surface area contributed by atoms with Gasteiger partial charge in [0.2, 0.25) is 0 Å². The zero-order valence-electron chi connectivity index (χ0n) is 10.7. The molecule has 19 heavy (non-hydrogen) atoms. The Morgan fingerprint density at radius 1 is 1.42 bits per heavy atom. The predicted octanol–water partition coefficient (Wildman–Crippen LogP) is 3.55. The summed E-state index contributed by atoms with van der Waals surface area (Å²) in [6.45, 7) is 1.02. The van der Waals surface area contributed by atoms with E-state index in [1.807, 2.05) is 0 Å². The standard InChI is InChI=1S/C15H17BrFNO/c16-10-4-5-12(13(17)6-10)15(19)7-14-11-3-1-2-9(11)8-18-14/h4-6,9,11,14,18H,1-3,7-8H2. The number of ketones is 1. The molecule has 2 nitrogen and oxygen atoms in total. The summed E-state index contributed by atoms with van der Waals surface area (Å²) in [7, 11) is 0. The van der Waals surface area contributed by atoms with Crippen LogP contribution in [0.5, 0.6) is 0 Å². The number of rotatable bonds is 3. The first-order valence-corrected chi connectivity index (χ1v) is 7.66. The zero-order valence-corrected chi connectivity index (χ0v) is 12.2. The van der Waals surface area contributed by atoms with E-state index in [4.69, 9.17) is 0 Å². The van der Waals surface area contributed by atoms with E-state index >= 15 is 0 Å². The van der Waals surface area contributed by atoms with Gasteiger partial charge in [0.05, 0.1) is 5.56 Å². The van der Waals surface area contributed by atoms with Gasteiger partial charge >= 0.3 is 0 Å². The highest BCUT2D eigenvalue weighted by molar-refractivity contribution is 9.10. The Balaban J connectivity index is 1.71. The Labute approximate surface area is 120 Å². The van der Waals surface area contributed by atoms with Crippen LogP contribution in [0.4, 0.5) is 4.39 Å². The summed E-state index contributed by atoms with van der Waals surface area (Å²) >= 11 is 3.21. The highest BCUT2D eigenvalue weighted by Gasteiger charge is 2.39. The van der Waals surface area contributed by atoms with Crippen LogP contribution in [0.25, 0.3) is 0 Å². The van der Waals surface area contributed by atoms with Gasteiger partial charge in [0.1, 0.15) is 5.82 Å². The number of carbonyl (C=O) groups excluding carboxylic acids is 1. The van der Waals surface area contributed by atoms with Gasteiger partial charge in [-0.05, 0) is 49.4 Å². The number of carbonyl (C=O) groups is 1. The summed E-state index contributed by atoms with van der Waals surface area (Å²) in [5, 5.41) is 3.44. The van der Waals surface area contributed by atoms with Crippen LogP contribution in [-0.4, -0.2) is 18.4 Å². The highest BCUT2D eigenvalue weighted by Crippen LogP contribution is 2.39. The van der Waals surface area contributed by atoms with Gasteiger partial charge < -0.3 is 5.32 Å². The first-order valence-electron chi connectivity index (χ1n) is 6.87. The van der Waals surface area contributed by atoms with E-state index in [2.05, 4.69) is 21.2 Å². The molecular weight excluding hydrogens is 309 g/mol. The van der Waals surface area contributed by atoms with Crippen molar-refractivity contribution in [2.24, 2.45) is 11.8 Å². The van der Waals surface area contributed by atoms with E-state index in [0.29, 0.717) is 16.8 Å². The highest BCUT2D eigenvalue weighted by atomic mass is 79.9. The quantitative estimate of drug-likeness (QED) is 0.861. The van der Waals surface area contributed by atoms with Crippen molar-refractivity contribution in [3.05, 3.63) is 34.1 Å². The molecular formula is C15H17BrFNO. The van der Waals surface area contributed by atoms with Crippen molar-refractivity contribution in [1.82, 2.24) is 5.32 Å². The number of hydrogen-bond donors (Lipinski definition) is 1. The molecule has 0 bridgehead atoms. The summed E-state index contributed by atoms with van der Waals surface area (Å²) < 4.78 is 14.4. The Morgan fingerprint density at radius 3 is 3.05 bits per heavy atom. The fraction of sp³-hybridized carbons (Fsp3) is 0.533. The smallest absolute Gasteiger partial charge is 0.167 e. The molecule has 3 atom stereocenters. The molecule has 4 heteroatoms. The third-order valence-corrected chi connectivity index (χ3v) is 5.01. The van der Waals surface area contributed by atoms with Gasteiger partial charge in [0.15, 0.2) is 5.78 Å². The average Bonchev–Trinajstić information content (AvgIpc) is 2.94. The van der Waals surface area contributed by atoms with Crippen molar-refractivity contribution in [2.75, 3.05) is 6.54 Å². The summed E-state index contributed by atoms with van der Waals surface area (Å²) in [5.41, 5.74) is 0.214. The lowest BCUT2D eigenvalue weighted by Crippen LogP contribution is -2.29. The lowest BCUT2D eigenvalue weighted by atomic mass is 9.90. The van der Waals surface area contributed by atoms with Gasteiger partial charge in [-0.2, -0.15) is 0 Å². The van der Waals surface area contributed by atoms with Gasteiger partial charge in [0, 0.05) is 16.9 Å². The summed E-state index contributed by atoms with van der Waals surface area (Å²) in [6, 6.07) is 4.89. The molecule has 1 aliphatic heterocycles. The van der Waals surface area contributed by atoms with E-state index in [1.165, 1.54) is 25.3 Å². The zero-order chi connectivity index (χ0) is 13.4. The molecule has 1 N–H and O–H groups in total. The fourth-order valence-corrected chi connectivity index (χ4v) is 3.88. The second kappa shape index (κ2) is 5.33. The van der Waals surface area contributed by atoms with Crippen LogP contribution in [-0.2, 0) is 0 Å². The Morgan fingerprint density at radius 2 is 2.26 bits per heavy atom. The van der Waals surface area contributed by atoms with Crippen LogP contribution in [0.2, 0.25) is 0 Å². The first-order chi connectivity index (χ1) is 9.15. The second-order valence-corrected chi connectivity index (χ2v) is 6.54. The SMILES string of the molecule is O=C(CC1NCC2CCCC21)c1ccc(Br)cc1F. The summed E-state index contributed by atoms with van der Waals surface area (Å²) in [4.78, 5) is 12.2. The molecule has 0 aromatic heterocycles. The average molecular weight is 326 g/mol. The molecule has 1 aliphatic carbocycles. The molecule has 1 aromatic carbocycles. The Bertz CT molecular complexity index is 505. The van der Waals surface area contributed by atoms with Crippen molar-refractivity contribution < 1.29 is 9.18 Å². The van der Waals surface area contributed by atoms with E-state index in [0.717, 1.165) is 12.5 Å². The number of fused-ring (bicyclic) bond motifs is 1. The van der Waals surface area contributed by atoms with Crippen LogP contribution >= 0.6 is 15.9 Å². The molecule has 0 radical (unpaired) electrons. The van der Waals surface area contributed by atoms with Crippen molar-refractivity contribution in [1.29, 1.82) is 0 Å². The topological polar surface area (TPSA) is 29.1 Å². The van der Waals surface area contributed by atoms with Gasteiger partial charge in [0.25, 0.3) is 0 Å². The van der Waals surface area contributed by atoms with Crippen LogP contribution in [0.1, 0.15) is 36.0 Å². The third-order valence-electron chi connectivity index (χ3n) is 4.51. The largest absolute Gasteiger partial charge is 0.313 e. The van der Waals surface area contributed by atoms with Crippen molar-refractivity contribution >= 4 is 21.7 Å². The maximum atomic E-state index is 13.8. The molecule has 1 heterocycles. The number of Topliss-reactive ketones (excluding diaryl/α,β-unsaturated/α-hetero) is 1. The molecule has 2 fully saturated rings. The van der Waals surface area contributed by atoms with Gasteiger partial charge in [-0.1, -0.05) is 22.4 Å². The number of nitrogens with one attached hydrogen (secondary N) is 1. The minimum absolute atomic E-state index is 0.0879. The molecule has 102 valence electrons. The van der Waals surface area contributed by atoms with Crippen LogP contribution < -0.4 is 5.32 Å². The second-order valence-electron chi connectivity index (χ2n) is 5.62. The van der Waals surface area contributed by atoms with Crippen LogP contribution in [0.15, 0.2) is 22.7 Å². The lowest BCUT2D eigenvalue weighted by molar-refractivity contribution is 0.0959. The van der Waals surface area contributed by atoms with Gasteiger partial charge in [-0.25, -0.2) is 4.39 Å². The summed E-state index contributed by atoms with van der Waals surface area (Å²) in [6.07, 6.45) is 4.17. The monoisotopic (exact) mass is 325 g/mol. The predicted molar refractivity (Wildman–Crippen MR) is 75.7 cm³/mol. The minimum atomic E-state index is -0.430. The van der Waals surface area contributed by atoms with Gasteiger partial charge in [-0.15, -0.1) is 0 Å². The summed E-state index contributed by atoms with van der Waals surface area (Å²) in [5.74, 6) is 0.824. The maximum Gasteiger partial charge on any atom is 0.167 e. The molecule has 1 saturated heterocycles. The molecule has 1 aromatic rings. The van der Waals surface area contributed by atoms with Gasteiger partial charge in [-0.3, -0.25) is 4.79 Å². The molecule has 2 aliphatic rings. The van der Waals surface area contributed by atoms with Crippen LogP contribution in [0, 0.1) is 17.7 Å². The van der Waals surface area contributed by atoms with E-state index < -0.39 is 5.82 Å². The maximum absolute atomic E-state index is 13.8. The number of benzene rings is 1. The lowest BCUT2D eigenvalue weighted by Gasteiger charge is -2.17. The van der Waals surface area contributed by atoms with E-state index in [9.17, 15) is 9.18 Å². The van der Waals surface area contributed by atoms with Crippen molar-refractivity contribution in [2.45, 2.75) is 31.7 Å². The third kappa shape index (κ3) is 2.61. The minimum Gasteiger partial charge on any atom is -0.313 e. The number of halogens is 2. The fourth-order valence-electron chi connectivity index (χ4n) is 3.55. The van der Waals surface area contributed by atoms with E-state index in [1.54, 1.807) is 12.1 Å². The molecule has 3 unspecified atom stereocenters. The Kier molecular flexibility index (Phi) is 3.72. The van der Waals surface area contributed by atoms with Crippen molar-refractivity contribution in [3.63, 3.8) is 0 Å². The normalized spacial score (nSPS) is 29.5. The van der Waals surface area contributed by atoms with Crippen molar-refractivity contribution in [3.8, 4) is 0 Å². The molecule has 3 rings (SSSR count). The number of hydrogen-bond acceptors (Lipinski definition) is 2. The van der Waals surface area contributed by atoms with E-state index in [-0.39, 0.29) is 17.4 Å².